The van der Waals surface area contributed by atoms with E-state index in [2.05, 4.69) is 41.8 Å². The number of hydrogen-bond acceptors (Lipinski definition) is 4. The fraction of sp³-hybridized carbons (Fsp3) is 0.0909. The van der Waals surface area contributed by atoms with Crippen LogP contribution in [0.15, 0.2) is 42.6 Å². The molecule has 2 aromatic heterocycles. The lowest BCUT2D eigenvalue weighted by atomic mass is 10.3. The Morgan fingerprint density at radius 2 is 2.12 bits per heavy atom. The minimum atomic E-state index is 0.707. The van der Waals surface area contributed by atoms with Crippen LogP contribution in [0.5, 0.6) is 0 Å². The monoisotopic (exact) mass is 374 g/mol. The van der Waals surface area contributed by atoms with Crippen molar-refractivity contribution >= 4 is 54.3 Å². The van der Waals surface area contributed by atoms with Crippen LogP contribution in [0.4, 0.5) is 0 Å². The van der Waals surface area contributed by atoms with Crippen molar-refractivity contribution in [3.8, 4) is 0 Å². The van der Waals surface area contributed by atoms with Crippen LogP contribution in [-0.4, -0.2) is 9.97 Å². The first kappa shape index (κ1) is 12.7. The van der Waals surface area contributed by atoms with Gasteiger partial charge in [-0.05, 0) is 34.1 Å². The number of rotatable bonds is 0. The van der Waals surface area contributed by atoms with E-state index >= 15 is 0 Å². The minimum Gasteiger partial charge on any atom is -0.441 e. The van der Waals surface area contributed by atoms with E-state index in [1.165, 1.54) is 0 Å². The van der Waals surface area contributed by atoms with Crippen LogP contribution >= 0.6 is 43.2 Å². The average Bonchev–Trinajstić information content (AvgIpc) is 2.86. The molecular weight excluding hydrogens is 368 g/mol. The number of oxazole rings is 1. The largest absolute Gasteiger partial charge is 0.441 e. The number of aryl methyl sites for hydroxylation is 1. The summed E-state index contributed by atoms with van der Waals surface area (Å²) in [6.45, 7) is 1.84. The van der Waals surface area contributed by atoms with Crippen LogP contribution in [0, 0.1) is 6.92 Å². The molecule has 2 heterocycles. The maximum Gasteiger partial charge on any atom is 0.192 e. The number of fused-ring (bicyclic) bond motifs is 1. The maximum absolute atomic E-state index is 5.29. The quantitative estimate of drug-likeness (QED) is 0.566. The molecule has 0 saturated heterocycles. The second-order valence-corrected chi connectivity index (χ2v) is 6.22. The highest BCUT2D eigenvalue weighted by Crippen LogP contribution is 2.19. The summed E-state index contributed by atoms with van der Waals surface area (Å²) in [4.78, 5) is 8.03. The van der Waals surface area contributed by atoms with Crippen molar-refractivity contribution in [3.63, 3.8) is 0 Å². The van der Waals surface area contributed by atoms with Crippen LogP contribution in [0.2, 0.25) is 0 Å². The van der Waals surface area contributed by atoms with E-state index in [0.717, 1.165) is 19.5 Å². The van der Waals surface area contributed by atoms with Gasteiger partial charge in [-0.15, -0.1) is 11.3 Å². The summed E-state index contributed by atoms with van der Waals surface area (Å²) >= 11 is 8.13. The molecule has 88 valence electrons. The predicted molar refractivity (Wildman–Crippen MR) is 76.3 cm³/mol. The minimum absolute atomic E-state index is 0.707. The van der Waals surface area contributed by atoms with Crippen molar-refractivity contribution in [1.29, 1.82) is 0 Å². The molecule has 0 amide bonds. The van der Waals surface area contributed by atoms with E-state index in [-0.39, 0.29) is 0 Å². The molecule has 0 aliphatic rings. The average molecular weight is 376 g/mol. The Kier molecular flexibility index (Phi) is 4.31. The van der Waals surface area contributed by atoms with Gasteiger partial charge in [0.2, 0.25) is 0 Å². The van der Waals surface area contributed by atoms with Crippen molar-refractivity contribution in [1.82, 2.24) is 9.97 Å². The molecule has 0 saturated carbocycles. The summed E-state index contributed by atoms with van der Waals surface area (Å²) < 4.78 is 7.26. The third-order valence-corrected chi connectivity index (χ3v) is 3.68. The molecular formula is C11H8Br2N2OS. The zero-order chi connectivity index (χ0) is 12.3. The highest BCUT2D eigenvalue weighted by atomic mass is 79.9. The third kappa shape index (κ3) is 3.62. The van der Waals surface area contributed by atoms with Gasteiger partial charge in [-0.25, -0.2) is 9.97 Å². The van der Waals surface area contributed by atoms with Crippen molar-refractivity contribution in [2.24, 2.45) is 0 Å². The lowest BCUT2D eigenvalue weighted by molar-refractivity contribution is 0.561. The zero-order valence-electron chi connectivity index (χ0n) is 8.85. The molecule has 0 aliphatic heterocycles. The van der Waals surface area contributed by atoms with Crippen LogP contribution in [0.25, 0.3) is 11.1 Å². The number of nitrogens with zero attached hydrogens (tertiary/aromatic N) is 2. The van der Waals surface area contributed by atoms with Gasteiger partial charge in [0.25, 0.3) is 0 Å². The molecule has 17 heavy (non-hydrogen) atoms. The van der Waals surface area contributed by atoms with Crippen molar-refractivity contribution in [2.75, 3.05) is 0 Å². The number of hydrogen-bond donors (Lipinski definition) is 0. The lowest BCUT2D eigenvalue weighted by Gasteiger charge is -1.85. The molecule has 0 spiro atoms. The number of aromatic nitrogens is 2. The first-order valence-electron chi connectivity index (χ1n) is 4.73. The van der Waals surface area contributed by atoms with Gasteiger partial charge in [0, 0.05) is 23.0 Å². The molecule has 0 bridgehead atoms. The van der Waals surface area contributed by atoms with E-state index in [4.69, 9.17) is 4.42 Å². The fourth-order valence-corrected chi connectivity index (χ4v) is 2.37. The van der Waals surface area contributed by atoms with Gasteiger partial charge in [-0.1, -0.05) is 15.9 Å². The van der Waals surface area contributed by atoms with Gasteiger partial charge in [-0.3, -0.25) is 0 Å². The molecule has 0 radical (unpaired) electrons. The van der Waals surface area contributed by atoms with Gasteiger partial charge in [0.1, 0.15) is 5.52 Å². The maximum atomic E-state index is 5.29. The molecule has 1 aromatic carbocycles. The molecule has 0 atom stereocenters. The predicted octanol–water partition coefficient (Wildman–Crippen LogP) is 4.80. The fourth-order valence-electron chi connectivity index (χ4n) is 1.22. The molecule has 0 N–H and O–H groups in total. The topological polar surface area (TPSA) is 38.9 Å². The van der Waals surface area contributed by atoms with E-state index in [9.17, 15) is 0 Å². The van der Waals surface area contributed by atoms with E-state index in [1.54, 1.807) is 17.5 Å². The normalized spacial score (nSPS) is 10.1. The first-order valence-corrected chi connectivity index (χ1v) is 7.19. The van der Waals surface area contributed by atoms with E-state index in [1.807, 2.05) is 30.5 Å². The summed E-state index contributed by atoms with van der Waals surface area (Å²) in [5.41, 5.74) is 1.74. The second kappa shape index (κ2) is 5.75. The molecule has 0 aliphatic carbocycles. The lowest BCUT2D eigenvalue weighted by Crippen LogP contribution is -1.67. The molecule has 0 unspecified atom stereocenters. The molecule has 3 rings (SSSR count). The SMILES string of the molecule is Brc1nccs1.Cc1nc2cc(Br)ccc2o1. The Labute approximate surface area is 119 Å². The third-order valence-electron chi connectivity index (χ3n) is 1.86. The highest BCUT2D eigenvalue weighted by molar-refractivity contribution is 9.11. The van der Waals surface area contributed by atoms with Crippen LogP contribution in [-0.2, 0) is 0 Å². The van der Waals surface area contributed by atoms with Crippen LogP contribution in [0.3, 0.4) is 0 Å². The summed E-state index contributed by atoms with van der Waals surface area (Å²) in [5, 5.41) is 1.92. The van der Waals surface area contributed by atoms with Crippen LogP contribution in [0.1, 0.15) is 5.89 Å². The van der Waals surface area contributed by atoms with Gasteiger partial charge in [0.15, 0.2) is 15.4 Å². The van der Waals surface area contributed by atoms with E-state index < -0.39 is 0 Å². The Hall–Kier alpha value is -0.720. The number of benzene rings is 1. The standard InChI is InChI=1S/C8H6BrNO.C3H2BrNS/c1-5-10-7-4-6(9)2-3-8(7)11-5;4-3-5-1-2-6-3/h2-4H,1H3;1-2H. The Morgan fingerprint density at radius 3 is 2.71 bits per heavy atom. The van der Waals surface area contributed by atoms with Gasteiger partial charge in [0.05, 0.1) is 0 Å². The smallest absolute Gasteiger partial charge is 0.192 e. The van der Waals surface area contributed by atoms with Gasteiger partial charge >= 0.3 is 0 Å². The van der Waals surface area contributed by atoms with E-state index in [0.29, 0.717) is 5.89 Å². The molecule has 6 heteroatoms. The first-order chi connectivity index (χ1) is 8.15. The Bertz CT molecular complexity index is 607. The summed E-state index contributed by atoms with van der Waals surface area (Å²) in [6, 6.07) is 5.78. The summed E-state index contributed by atoms with van der Waals surface area (Å²) in [7, 11) is 0. The molecule has 3 nitrogen and oxygen atoms in total. The van der Waals surface area contributed by atoms with Gasteiger partial charge < -0.3 is 4.42 Å². The van der Waals surface area contributed by atoms with Crippen molar-refractivity contribution in [3.05, 3.63) is 44.1 Å². The van der Waals surface area contributed by atoms with Crippen molar-refractivity contribution < 1.29 is 4.42 Å². The summed E-state index contributed by atoms with van der Waals surface area (Å²) in [5.74, 6) is 0.707. The Balaban J connectivity index is 0.000000153. The zero-order valence-corrected chi connectivity index (χ0v) is 12.8. The highest BCUT2D eigenvalue weighted by Gasteiger charge is 2.00. The summed E-state index contributed by atoms with van der Waals surface area (Å²) in [6.07, 6.45) is 1.76. The van der Waals surface area contributed by atoms with Crippen LogP contribution < -0.4 is 0 Å². The van der Waals surface area contributed by atoms with Crippen molar-refractivity contribution in [2.45, 2.75) is 6.92 Å². The molecule has 3 aromatic rings. The number of thiazole rings is 1. The Morgan fingerprint density at radius 1 is 1.29 bits per heavy atom. The number of halogens is 2. The molecule has 0 fully saturated rings. The van der Waals surface area contributed by atoms with Gasteiger partial charge in [-0.2, -0.15) is 0 Å². The second-order valence-electron chi connectivity index (χ2n) is 3.13.